The molecule has 1 N–H and O–H groups in total. The number of rotatable bonds is 3. The molecule has 0 bridgehead atoms. The van der Waals surface area contributed by atoms with Crippen molar-refractivity contribution in [2.45, 2.75) is 44.7 Å². The highest BCUT2D eigenvalue weighted by molar-refractivity contribution is 7.91. The number of nitrogens with one attached hydrogen (secondary N) is 1. The average Bonchev–Trinajstić information content (AvgIpc) is 2.29. The summed E-state index contributed by atoms with van der Waals surface area (Å²) >= 11 is 0. The van der Waals surface area contributed by atoms with Crippen LogP contribution in [0, 0.1) is 5.92 Å². The molecule has 2 rings (SSSR count). The van der Waals surface area contributed by atoms with Crippen molar-refractivity contribution in [3.05, 3.63) is 0 Å². The number of ether oxygens (including phenoxy) is 1. The zero-order valence-electron chi connectivity index (χ0n) is 10.5. The minimum Gasteiger partial charge on any atom is -0.381 e. The molecule has 2 aliphatic heterocycles. The molecule has 2 saturated heterocycles. The molecule has 4 nitrogen and oxygen atoms in total. The molecule has 5 heteroatoms. The summed E-state index contributed by atoms with van der Waals surface area (Å²) in [6, 6.07) is 0.559. The summed E-state index contributed by atoms with van der Waals surface area (Å²) < 4.78 is 28.5. The van der Waals surface area contributed by atoms with Gasteiger partial charge in [0.2, 0.25) is 0 Å². The van der Waals surface area contributed by atoms with E-state index in [0.29, 0.717) is 23.5 Å². The summed E-state index contributed by atoms with van der Waals surface area (Å²) in [5.74, 6) is 1.32. The van der Waals surface area contributed by atoms with E-state index in [9.17, 15) is 8.42 Å². The minimum atomic E-state index is -2.80. The summed E-state index contributed by atoms with van der Waals surface area (Å²) in [5.41, 5.74) is 0. The van der Waals surface area contributed by atoms with Crippen LogP contribution in [0.3, 0.4) is 0 Å². The second kappa shape index (κ2) is 5.67. The maximum atomic E-state index is 11.6. The van der Waals surface area contributed by atoms with E-state index in [2.05, 4.69) is 12.2 Å². The zero-order chi connectivity index (χ0) is 12.3. The topological polar surface area (TPSA) is 55.4 Å². The maximum absolute atomic E-state index is 11.6. The minimum absolute atomic E-state index is 0.159. The molecule has 2 atom stereocenters. The number of hydrogen-bond acceptors (Lipinski definition) is 4. The fraction of sp³-hybridized carbons (Fsp3) is 1.00. The van der Waals surface area contributed by atoms with E-state index in [1.165, 1.54) is 0 Å². The summed E-state index contributed by atoms with van der Waals surface area (Å²) in [7, 11) is -2.80. The van der Waals surface area contributed by atoms with E-state index < -0.39 is 9.84 Å². The van der Waals surface area contributed by atoms with Crippen LogP contribution in [0.15, 0.2) is 0 Å². The van der Waals surface area contributed by atoms with E-state index in [4.69, 9.17) is 4.74 Å². The summed E-state index contributed by atoms with van der Waals surface area (Å²) in [6.07, 6.45) is 3.98. The third-order valence-electron chi connectivity index (χ3n) is 3.93. The molecule has 0 aromatic carbocycles. The Bertz CT molecular complexity index is 336. The van der Waals surface area contributed by atoms with Crippen LogP contribution in [0.2, 0.25) is 0 Å². The first-order valence-corrected chi connectivity index (χ1v) is 8.43. The van der Waals surface area contributed by atoms with Crippen LogP contribution in [-0.2, 0) is 14.6 Å². The highest BCUT2D eigenvalue weighted by Crippen LogP contribution is 2.20. The van der Waals surface area contributed by atoms with Crippen LogP contribution in [0.5, 0.6) is 0 Å². The molecule has 2 unspecified atom stereocenters. The van der Waals surface area contributed by atoms with Crippen LogP contribution in [0.25, 0.3) is 0 Å². The number of sulfone groups is 1. The average molecular weight is 261 g/mol. The molecule has 2 aliphatic rings. The molecule has 0 radical (unpaired) electrons. The normalized spacial score (nSPS) is 32.2. The lowest BCUT2D eigenvalue weighted by Crippen LogP contribution is -2.47. The van der Waals surface area contributed by atoms with Gasteiger partial charge in [-0.25, -0.2) is 8.42 Å². The second-order valence-electron chi connectivity index (χ2n) is 5.36. The van der Waals surface area contributed by atoms with Crippen molar-refractivity contribution in [2.75, 3.05) is 24.7 Å². The molecule has 17 heavy (non-hydrogen) atoms. The van der Waals surface area contributed by atoms with Crippen LogP contribution in [-0.4, -0.2) is 45.2 Å². The van der Waals surface area contributed by atoms with Crippen molar-refractivity contribution in [3.8, 4) is 0 Å². The summed E-state index contributed by atoms with van der Waals surface area (Å²) in [5, 5.41) is 3.51. The van der Waals surface area contributed by atoms with Crippen molar-refractivity contribution >= 4 is 9.84 Å². The van der Waals surface area contributed by atoms with Gasteiger partial charge in [0.1, 0.15) is 0 Å². The van der Waals surface area contributed by atoms with E-state index >= 15 is 0 Å². The van der Waals surface area contributed by atoms with Gasteiger partial charge < -0.3 is 10.1 Å². The van der Waals surface area contributed by atoms with Crippen LogP contribution >= 0.6 is 0 Å². The zero-order valence-corrected chi connectivity index (χ0v) is 11.3. The predicted octanol–water partition coefficient (Wildman–Crippen LogP) is 0.968. The van der Waals surface area contributed by atoms with Crippen molar-refractivity contribution < 1.29 is 13.2 Å². The third-order valence-corrected chi connectivity index (χ3v) is 5.76. The smallest absolute Gasteiger partial charge is 0.151 e. The Kier molecular flexibility index (Phi) is 4.44. The highest BCUT2D eigenvalue weighted by Gasteiger charge is 2.28. The molecule has 0 amide bonds. The summed E-state index contributed by atoms with van der Waals surface area (Å²) in [4.78, 5) is 0. The lowest BCUT2D eigenvalue weighted by atomic mass is 9.92. The Labute approximate surface area is 104 Å². The van der Waals surface area contributed by atoms with Gasteiger partial charge in [0.25, 0.3) is 0 Å². The van der Waals surface area contributed by atoms with Gasteiger partial charge in [-0.1, -0.05) is 0 Å². The Morgan fingerprint density at radius 3 is 2.59 bits per heavy atom. The standard InChI is InChI=1S/C12H23NO3S/c1-10(11-4-6-16-7-5-11)13-12-3-2-8-17(14,15)9-12/h10-13H,2-9H2,1H3. The van der Waals surface area contributed by atoms with Crippen LogP contribution < -0.4 is 5.32 Å². The molecule has 0 aromatic heterocycles. The highest BCUT2D eigenvalue weighted by atomic mass is 32.2. The molecular weight excluding hydrogens is 238 g/mol. The van der Waals surface area contributed by atoms with Gasteiger partial charge >= 0.3 is 0 Å². The Hall–Kier alpha value is -0.130. The fourth-order valence-electron chi connectivity index (χ4n) is 2.88. The first-order chi connectivity index (χ1) is 8.07. The van der Waals surface area contributed by atoms with Crippen LogP contribution in [0.1, 0.15) is 32.6 Å². The van der Waals surface area contributed by atoms with Crippen molar-refractivity contribution in [1.29, 1.82) is 0 Å². The number of hydrogen-bond donors (Lipinski definition) is 1. The third kappa shape index (κ3) is 3.93. The molecule has 0 spiro atoms. The van der Waals surface area contributed by atoms with E-state index in [0.717, 1.165) is 38.9 Å². The maximum Gasteiger partial charge on any atom is 0.151 e. The van der Waals surface area contributed by atoms with E-state index in [1.807, 2.05) is 0 Å². The quantitative estimate of drug-likeness (QED) is 0.822. The van der Waals surface area contributed by atoms with Crippen molar-refractivity contribution in [1.82, 2.24) is 5.32 Å². The lowest BCUT2D eigenvalue weighted by molar-refractivity contribution is 0.0545. The first kappa shape index (κ1) is 13.3. The molecule has 2 fully saturated rings. The molecule has 0 aliphatic carbocycles. The van der Waals surface area contributed by atoms with Crippen molar-refractivity contribution in [2.24, 2.45) is 5.92 Å². The second-order valence-corrected chi connectivity index (χ2v) is 7.59. The molecule has 2 heterocycles. The van der Waals surface area contributed by atoms with Gasteiger partial charge in [0.15, 0.2) is 9.84 Å². The molecule has 0 saturated carbocycles. The lowest BCUT2D eigenvalue weighted by Gasteiger charge is -2.33. The Morgan fingerprint density at radius 1 is 1.24 bits per heavy atom. The van der Waals surface area contributed by atoms with Gasteiger partial charge in [-0.15, -0.1) is 0 Å². The fourth-order valence-corrected chi connectivity index (χ4v) is 4.53. The van der Waals surface area contributed by atoms with Gasteiger partial charge in [-0.3, -0.25) is 0 Å². The van der Waals surface area contributed by atoms with Crippen LogP contribution in [0.4, 0.5) is 0 Å². The molecule has 100 valence electrons. The van der Waals surface area contributed by atoms with Crippen molar-refractivity contribution in [3.63, 3.8) is 0 Å². The largest absolute Gasteiger partial charge is 0.381 e. The monoisotopic (exact) mass is 261 g/mol. The summed E-state index contributed by atoms with van der Waals surface area (Å²) in [6.45, 7) is 3.87. The van der Waals surface area contributed by atoms with Gasteiger partial charge in [0.05, 0.1) is 11.5 Å². The van der Waals surface area contributed by atoms with Gasteiger partial charge in [-0.2, -0.15) is 0 Å². The first-order valence-electron chi connectivity index (χ1n) is 6.61. The van der Waals surface area contributed by atoms with E-state index in [1.54, 1.807) is 0 Å². The Morgan fingerprint density at radius 2 is 1.94 bits per heavy atom. The molecule has 0 aromatic rings. The molecular formula is C12H23NO3S. The predicted molar refractivity (Wildman–Crippen MR) is 67.8 cm³/mol. The van der Waals surface area contributed by atoms with E-state index in [-0.39, 0.29) is 6.04 Å². The van der Waals surface area contributed by atoms with Gasteiger partial charge in [0, 0.05) is 25.3 Å². The SMILES string of the molecule is CC(NC1CCCS(=O)(=O)C1)C1CCOCC1. The Balaban J connectivity index is 1.83. The van der Waals surface area contributed by atoms with Gasteiger partial charge in [-0.05, 0) is 38.5 Å².